The van der Waals surface area contributed by atoms with Gasteiger partial charge >= 0.3 is 0 Å². The molecule has 0 unspecified atom stereocenters. The fourth-order valence-electron chi connectivity index (χ4n) is 1.11. The second kappa shape index (κ2) is 4.09. The SMILES string of the molecule is O=c1[nH]c(Nc2ccc(F)cc2)ncc1F. The maximum atomic E-state index is 12.6. The van der Waals surface area contributed by atoms with Crippen molar-refractivity contribution in [2.24, 2.45) is 0 Å². The third-order valence-corrected chi connectivity index (χ3v) is 1.86. The largest absolute Gasteiger partial charge is 0.326 e. The molecule has 1 heterocycles. The zero-order valence-electron chi connectivity index (χ0n) is 8.00. The molecule has 4 nitrogen and oxygen atoms in total. The molecule has 0 amide bonds. The zero-order chi connectivity index (χ0) is 11.5. The van der Waals surface area contributed by atoms with Crippen LogP contribution in [0.4, 0.5) is 20.4 Å². The van der Waals surface area contributed by atoms with E-state index in [4.69, 9.17) is 0 Å². The monoisotopic (exact) mass is 223 g/mol. The molecule has 82 valence electrons. The number of benzene rings is 1. The Morgan fingerprint density at radius 1 is 1.19 bits per heavy atom. The van der Waals surface area contributed by atoms with Crippen LogP contribution in [0.2, 0.25) is 0 Å². The van der Waals surface area contributed by atoms with Crippen molar-refractivity contribution < 1.29 is 8.78 Å². The van der Waals surface area contributed by atoms with Gasteiger partial charge in [0, 0.05) is 5.69 Å². The Hall–Kier alpha value is -2.24. The van der Waals surface area contributed by atoms with Gasteiger partial charge < -0.3 is 5.32 Å². The molecule has 0 radical (unpaired) electrons. The average Bonchev–Trinajstić information content (AvgIpc) is 2.27. The second-order valence-corrected chi connectivity index (χ2v) is 3.04. The Labute approximate surface area is 89.0 Å². The van der Waals surface area contributed by atoms with Crippen LogP contribution in [-0.2, 0) is 0 Å². The first-order valence-electron chi connectivity index (χ1n) is 4.42. The van der Waals surface area contributed by atoms with Gasteiger partial charge in [-0.15, -0.1) is 0 Å². The number of H-pyrrole nitrogens is 1. The lowest BCUT2D eigenvalue weighted by atomic mass is 10.3. The minimum absolute atomic E-state index is 0.0954. The van der Waals surface area contributed by atoms with Crippen LogP contribution < -0.4 is 10.9 Å². The first-order chi connectivity index (χ1) is 7.65. The van der Waals surface area contributed by atoms with Crippen molar-refractivity contribution in [1.29, 1.82) is 0 Å². The predicted octanol–water partition coefficient (Wildman–Crippen LogP) is 1.79. The highest BCUT2D eigenvalue weighted by atomic mass is 19.1. The van der Waals surface area contributed by atoms with Crippen LogP contribution in [0.15, 0.2) is 35.3 Å². The molecule has 2 aromatic rings. The summed E-state index contributed by atoms with van der Waals surface area (Å²) in [5.41, 5.74) is -0.323. The molecule has 0 aliphatic rings. The molecule has 0 bridgehead atoms. The van der Waals surface area contributed by atoms with Gasteiger partial charge in [-0.25, -0.2) is 9.37 Å². The van der Waals surface area contributed by atoms with Gasteiger partial charge in [0.1, 0.15) is 5.82 Å². The van der Waals surface area contributed by atoms with Crippen molar-refractivity contribution in [2.75, 3.05) is 5.32 Å². The van der Waals surface area contributed by atoms with Crippen LogP contribution in [-0.4, -0.2) is 9.97 Å². The number of nitrogens with zero attached hydrogens (tertiary/aromatic N) is 1. The van der Waals surface area contributed by atoms with Crippen LogP contribution in [0, 0.1) is 11.6 Å². The number of aromatic amines is 1. The van der Waals surface area contributed by atoms with Crippen LogP contribution in [0.25, 0.3) is 0 Å². The lowest BCUT2D eigenvalue weighted by Gasteiger charge is -2.04. The number of nitrogens with one attached hydrogen (secondary N) is 2. The smallest absolute Gasteiger partial charge is 0.288 e. The summed E-state index contributed by atoms with van der Waals surface area (Å²) >= 11 is 0. The highest BCUT2D eigenvalue weighted by Gasteiger charge is 2.01. The summed E-state index contributed by atoms with van der Waals surface area (Å²) in [6.07, 6.45) is 0.810. The molecular weight excluding hydrogens is 216 g/mol. The van der Waals surface area contributed by atoms with Crippen LogP contribution in [0.3, 0.4) is 0 Å². The standard InChI is InChI=1S/C10H7F2N3O/c11-6-1-3-7(4-2-6)14-10-13-5-8(12)9(16)15-10/h1-5H,(H2,13,14,15,16). The number of hydrogen-bond acceptors (Lipinski definition) is 3. The summed E-state index contributed by atoms with van der Waals surface area (Å²) in [6, 6.07) is 5.45. The number of aromatic nitrogens is 2. The Morgan fingerprint density at radius 3 is 2.50 bits per heavy atom. The van der Waals surface area contributed by atoms with Gasteiger partial charge in [0.15, 0.2) is 0 Å². The fourth-order valence-corrected chi connectivity index (χ4v) is 1.11. The molecule has 0 aliphatic carbocycles. The molecule has 1 aromatic carbocycles. The van der Waals surface area contributed by atoms with E-state index in [1.54, 1.807) is 0 Å². The number of rotatable bonds is 2. The quantitative estimate of drug-likeness (QED) is 0.816. The summed E-state index contributed by atoms with van der Waals surface area (Å²) in [5.74, 6) is -1.23. The Bertz CT molecular complexity index is 551. The topological polar surface area (TPSA) is 57.8 Å². The van der Waals surface area contributed by atoms with Crippen LogP contribution in [0.5, 0.6) is 0 Å². The minimum atomic E-state index is -0.954. The van der Waals surface area contributed by atoms with Crippen molar-refractivity contribution in [3.05, 3.63) is 52.5 Å². The lowest BCUT2D eigenvalue weighted by molar-refractivity contribution is 0.601. The molecular formula is C10H7F2N3O. The Kier molecular flexibility index (Phi) is 2.63. The van der Waals surface area contributed by atoms with E-state index < -0.39 is 11.4 Å². The van der Waals surface area contributed by atoms with E-state index >= 15 is 0 Å². The van der Waals surface area contributed by atoms with Gasteiger partial charge in [-0.3, -0.25) is 9.78 Å². The molecule has 1 aromatic heterocycles. The average molecular weight is 223 g/mol. The van der Waals surface area contributed by atoms with Crippen molar-refractivity contribution in [2.45, 2.75) is 0 Å². The highest BCUT2D eigenvalue weighted by molar-refractivity contribution is 5.52. The molecule has 2 N–H and O–H groups in total. The predicted molar refractivity (Wildman–Crippen MR) is 54.5 cm³/mol. The molecule has 0 fully saturated rings. The summed E-state index contributed by atoms with van der Waals surface area (Å²) in [6.45, 7) is 0. The fraction of sp³-hybridized carbons (Fsp3) is 0. The molecule has 0 saturated carbocycles. The van der Waals surface area contributed by atoms with Gasteiger partial charge in [0.2, 0.25) is 11.8 Å². The van der Waals surface area contributed by atoms with Crippen molar-refractivity contribution in [3.63, 3.8) is 0 Å². The Morgan fingerprint density at radius 2 is 1.88 bits per heavy atom. The van der Waals surface area contributed by atoms with E-state index in [2.05, 4.69) is 15.3 Å². The molecule has 0 atom stereocenters. The first kappa shape index (κ1) is 10.3. The second-order valence-electron chi connectivity index (χ2n) is 3.04. The summed E-state index contributed by atoms with van der Waals surface area (Å²) in [4.78, 5) is 16.7. The molecule has 2 rings (SSSR count). The normalized spacial score (nSPS) is 10.1. The van der Waals surface area contributed by atoms with Gasteiger partial charge in [0.25, 0.3) is 5.56 Å². The van der Waals surface area contributed by atoms with E-state index in [9.17, 15) is 13.6 Å². The summed E-state index contributed by atoms with van der Waals surface area (Å²) in [7, 11) is 0. The van der Waals surface area contributed by atoms with Gasteiger partial charge in [-0.05, 0) is 24.3 Å². The minimum Gasteiger partial charge on any atom is -0.326 e. The summed E-state index contributed by atoms with van der Waals surface area (Å²) < 4.78 is 25.2. The maximum Gasteiger partial charge on any atom is 0.288 e. The van der Waals surface area contributed by atoms with E-state index in [1.165, 1.54) is 24.3 Å². The van der Waals surface area contributed by atoms with E-state index in [1.807, 2.05) is 0 Å². The third kappa shape index (κ3) is 2.22. The number of halogens is 2. The molecule has 16 heavy (non-hydrogen) atoms. The summed E-state index contributed by atoms with van der Waals surface area (Å²) in [5, 5.41) is 2.70. The van der Waals surface area contributed by atoms with Crippen molar-refractivity contribution in [3.8, 4) is 0 Å². The Balaban J connectivity index is 2.24. The zero-order valence-corrected chi connectivity index (χ0v) is 8.00. The lowest BCUT2D eigenvalue weighted by Crippen LogP contribution is -2.13. The van der Waals surface area contributed by atoms with E-state index in [0.29, 0.717) is 5.69 Å². The van der Waals surface area contributed by atoms with Gasteiger partial charge in [-0.2, -0.15) is 4.39 Å². The third-order valence-electron chi connectivity index (χ3n) is 1.86. The molecule has 0 spiro atoms. The first-order valence-corrected chi connectivity index (χ1v) is 4.42. The van der Waals surface area contributed by atoms with Gasteiger partial charge in [-0.1, -0.05) is 0 Å². The van der Waals surface area contributed by atoms with Crippen LogP contribution >= 0.6 is 0 Å². The molecule has 6 heteroatoms. The van der Waals surface area contributed by atoms with Crippen molar-refractivity contribution >= 4 is 11.6 Å². The number of hydrogen-bond donors (Lipinski definition) is 2. The number of anilines is 2. The van der Waals surface area contributed by atoms with E-state index in [0.717, 1.165) is 6.20 Å². The van der Waals surface area contributed by atoms with Crippen molar-refractivity contribution in [1.82, 2.24) is 9.97 Å². The van der Waals surface area contributed by atoms with E-state index in [-0.39, 0.29) is 11.8 Å². The van der Waals surface area contributed by atoms with Crippen LogP contribution in [0.1, 0.15) is 0 Å². The molecule has 0 saturated heterocycles. The maximum absolute atomic E-state index is 12.6. The highest BCUT2D eigenvalue weighted by Crippen LogP contribution is 2.11. The molecule has 0 aliphatic heterocycles. The van der Waals surface area contributed by atoms with Gasteiger partial charge in [0.05, 0.1) is 6.20 Å².